The molecule has 11 heteroatoms. The quantitative estimate of drug-likeness (QED) is 0.527. The van der Waals surface area contributed by atoms with Crippen molar-refractivity contribution in [1.82, 2.24) is 14.1 Å². The largest absolute Gasteiger partial charge is 0.373 e. The van der Waals surface area contributed by atoms with Gasteiger partial charge >= 0.3 is 0 Å². The van der Waals surface area contributed by atoms with Crippen LogP contribution in [0.5, 0.6) is 0 Å². The molecule has 2 aliphatic heterocycles. The highest BCUT2D eigenvalue weighted by Crippen LogP contribution is 2.38. The number of thiophene rings is 1. The van der Waals surface area contributed by atoms with Gasteiger partial charge in [-0.2, -0.15) is 4.31 Å². The Hall–Kier alpha value is -2.31. The topological polar surface area (TPSA) is 99.3 Å². The van der Waals surface area contributed by atoms with Crippen LogP contribution in [0.15, 0.2) is 29.2 Å². The third-order valence-electron chi connectivity index (χ3n) is 7.22. The van der Waals surface area contributed by atoms with Crippen molar-refractivity contribution in [3.05, 3.63) is 45.8 Å². The second-order valence-corrected chi connectivity index (χ2v) is 12.9. The number of hydrogen-bond acceptors (Lipinski definition) is 7. The van der Waals surface area contributed by atoms with Gasteiger partial charge in [0.1, 0.15) is 5.00 Å². The smallest absolute Gasteiger partial charge is 0.257 e. The fourth-order valence-corrected chi connectivity index (χ4v) is 8.01. The number of carbonyl (C=O) groups is 2. The highest BCUT2D eigenvalue weighted by molar-refractivity contribution is 7.89. The van der Waals surface area contributed by atoms with Crippen LogP contribution in [0, 0.1) is 0 Å². The lowest BCUT2D eigenvalue weighted by atomic mass is 10.0. The number of fused-ring (bicyclic) bond motifs is 1. The van der Waals surface area contributed by atoms with Crippen molar-refractivity contribution in [3.63, 3.8) is 0 Å². The number of likely N-dealkylation sites (N-methyl/N-ethyl adjacent to an activating group) is 1. The Balaban J connectivity index is 1.58. The Labute approximate surface area is 229 Å². The Morgan fingerprint density at radius 2 is 1.71 bits per heavy atom. The summed E-state index contributed by atoms with van der Waals surface area (Å²) in [7, 11) is -3.70. The maximum atomic E-state index is 13.5. The van der Waals surface area contributed by atoms with Gasteiger partial charge in [-0.25, -0.2) is 8.42 Å². The zero-order chi connectivity index (χ0) is 27.6. The molecule has 1 aromatic heterocycles. The Kier molecular flexibility index (Phi) is 8.93. The first-order valence-electron chi connectivity index (χ1n) is 13.3. The van der Waals surface area contributed by atoms with E-state index in [-0.39, 0.29) is 42.0 Å². The number of benzene rings is 1. The standard InChI is InChI=1S/C27H38N4O5S2/c1-6-29-14-13-22-23(17-29)37-26(24(22)27(33)30(7-2)8-3)28-25(32)20-9-11-21(12-10-20)38(34,35)31-15-18(4)36-19(5)16-31/h9-12,18-19H,6-8,13-17H2,1-5H3,(H,28,32). The molecule has 0 saturated carbocycles. The molecule has 1 N–H and O–H groups in total. The van der Waals surface area contributed by atoms with Crippen molar-refractivity contribution < 1.29 is 22.7 Å². The molecule has 0 aliphatic carbocycles. The van der Waals surface area contributed by atoms with Crippen LogP contribution in [0.2, 0.25) is 0 Å². The second-order valence-electron chi connectivity index (χ2n) is 9.86. The minimum atomic E-state index is -3.70. The van der Waals surface area contributed by atoms with E-state index in [1.807, 2.05) is 27.7 Å². The summed E-state index contributed by atoms with van der Waals surface area (Å²) in [6.45, 7) is 14.0. The molecule has 208 valence electrons. The molecule has 3 heterocycles. The van der Waals surface area contributed by atoms with Gasteiger partial charge in [-0.3, -0.25) is 14.5 Å². The van der Waals surface area contributed by atoms with Gasteiger partial charge in [-0.15, -0.1) is 11.3 Å². The number of hydrogen-bond donors (Lipinski definition) is 1. The van der Waals surface area contributed by atoms with E-state index in [1.54, 1.807) is 4.90 Å². The van der Waals surface area contributed by atoms with Crippen LogP contribution in [0.1, 0.15) is 65.8 Å². The molecule has 2 atom stereocenters. The molecule has 2 aromatic rings. The van der Waals surface area contributed by atoms with Gasteiger partial charge in [0.2, 0.25) is 10.0 Å². The van der Waals surface area contributed by atoms with Gasteiger partial charge in [-0.05, 0) is 70.5 Å². The molecular weight excluding hydrogens is 524 g/mol. The summed E-state index contributed by atoms with van der Waals surface area (Å²) in [5.74, 6) is -0.440. The van der Waals surface area contributed by atoms with Crippen LogP contribution in [0.4, 0.5) is 5.00 Å². The lowest BCUT2D eigenvalue weighted by Crippen LogP contribution is -2.48. The SMILES string of the molecule is CCN1CCc2c(sc(NC(=O)c3ccc(S(=O)(=O)N4CC(C)OC(C)C4)cc3)c2C(=O)N(CC)CC)C1. The maximum absolute atomic E-state index is 13.5. The van der Waals surface area contributed by atoms with E-state index in [1.165, 1.54) is 39.9 Å². The zero-order valence-corrected chi connectivity index (χ0v) is 24.5. The predicted octanol–water partition coefficient (Wildman–Crippen LogP) is 3.66. The molecule has 2 aliphatic rings. The summed E-state index contributed by atoms with van der Waals surface area (Å²) in [5, 5.41) is 3.53. The molecule has 2 amide bonds. The molecule has 4 rings (SSSR count). The predicted molar refractivity (Wildman–Crippen MR) is 149 cm³/mol. The number of amides is 2. The molecule has 0 radical (unpaired) electrons. The summed E-state index contributed by atoms with van der Waals surface area (Å²) in [6, 6.07) is 5.98. The molecular formula is C27H38N4O5S2. The third kappa shape index (κ3) is 5.81. The zero-order valence-electron chi connectivity index (χ0n) is 22.8. The fourth-order valence-electron chi connectivity index (χ4n) is 5.14. The van der Waals surface area contributed by atoms with Crippen molar-refractivity contribution in [2.24, 2.45) is 0 Å². The number of ether oxygens (including phenoxy) is 1. The third-order valence-corrected chi connectivity index (χ3v) is 10.2. The van der Waals surface area contributed by atoms with Crippen molar-refractivity contribution >= 4 is 38.2 Å². The van der Waals surface area contributed by atoms with Crippen LogP contribution >= 0.6 is 11.3 Å². The van der Waals surface area contributed by atoms with E-state index in [0.29, 0.717) is 29.2 Å². The van der Waals surface area contributed by atoms with Crippen LogP contribution in [-0.4, -0.2) is 85.8 Å². The Morgan fingerprint density at radius 1 is 1.08 bits per heavy atom. The van der Waals surface area contributed by atoms with Gasteiger partial charge in [0.25, 0.3) is 11.8 Å². The lowest BCUT2D eigenvalue weighted by molar-refractivity contribution is -0.0440. The van der Waals surface area contributed by atoms with Crippen LogP contribution in [-0.2, 0) is 27.7 Å². The summed E-state index contributed by atoms with van der Waals surface area (Å²) < 4.78 is 33.5. The van der Waals surface area contributed by atoms with Crippen LogP contribution in [0.3, 0.4) is 0 Å². The average molecular weight is 563 g/mol. The molecule has 2 unspecified atom stereocenters. The number of nitrogens with one attached hydrogen (secondary N) is 1. The molecule has 1 saturated heterocycles. The van der Waals surface area contributed by atoms with Crippen molar-refractivity contribution in [2.75, 3.05) is 44.6 Å². The number of sulfonamides is 1. The summed E-state index contributed by atoms with van der Waals surface area (Å²) in [4.78, 5) is 32.1. The summed E-state index contributed by atoms with van der Waals surface area (Å²) in [5.41, 5.74) is 1.95. The van der Waals surface area contributed by atoms with E-state index >= 15 is 0 Å². The van der Waals surface area contributed by atoms with Gasteiger partial charge in [-0.1, -0.05) is 6.92 Å². The van der Waals surface area contributed by atoms with E-state index in [9.17, 15) is 18.0 Å². The number of nitrogens with zero attached hydrogens (tertiary/aromatic N) is 3. The first-order valence-corrected chi connectivity index (χ1v) is 15.6. The monoisotopic (exact) mass is 562 g/mol. The normalized spacial score (nSPS) is 20.7. The first-order chi connectivity index (χ1) is 18.1. The van der Waals surface area contributed by atoms with Gasteiger partial charge < -0.3 is 15.0 Å². The fraction of sp³-hybridized carbons (Fsp3) is 0.556. The maximum Gasteiger partial charge on any atom is 0.257 e. The van der Waals surface area contributed by atoms with Gasteiger partial charge in [0.05, 0.1) is 22.7 Å². The van der Waals surface area contributed by atoms with E-state index in [4.69, 9.17) is 4.74 Å². The van der Waals surface area contributed by atoms with Gasteiger partial charge in [0, 0.05) is 49.7 Å². The minimum absolute atomic E-state index is 0.0665. The van der Waals surface area contributed by atoms with Crippen molar-refractivity contribution in [2.45, 2.75) is 64.7 Å². The van der Waals surface area contributed by atoms with Crippen LogP contribution in [0.25, 0.3) is 0 Å². The highest BCUT2D eigenvalue weighted by Gasteiger charge is 2.33. The van der Waals surface area contributed by atoms with E-state index in [0.717, 1.165) is 36.5 Å². The van der Waals surface area contributed by atoms with Crippen LogP contribution < -0.4 is 5.32 Å². The minimum Gasteiger partial charge on any atom is -0.373 e. The molecule has 38 heavy (non-hydrogen) atoms. The highest BCUT2D eigenvalue weighted by atomic mass is 32.2. The first kappa shape index (κ1) is 28.7. The van der Waals surface area contributed by atoms with E-state index in [2.05, 4.69) is 17.1 Å². The summed E-state index contributed by atoms with van der Waals surface area (Å²) in [6.07, 6.45) is 0.393. The van der Waals surface area contributed by atoms with Gasteiger partial charge in [0.15, 0.2) is 0 Å². The molecule has 1 aromatic carbocycles. The number of rotatable bonds is 8. The van der Waals surface area contributed by atoms with Crippen molar-refractivity contribution in [1.29, 1.82) is 0 Å². The molecule has 9 nitrogen and oxygen atoms in total. The lowest BCUT2D eigenvalue weighted by Gasteiger charge is -2.34. The van der Waals surface area contributed by atoms with E-state index < -0.39 is 10.0 Å². The number of anilines is 1. The number of carbonyl (C=O) groups excluding carboxylic acids is 2. The Morgan fingerprint density at radius 3 is 2.29 bits per heavy atom. The number of morpholine rings is 1. The molecule has 0 bridgehead atoms. The Bertz CT molecular complexity index is 1260. The molecule has 1 fully saturated rings. The second kappa shape index (κ2) is 11.8. The molecule has 0 spiro atoms. The van der Waals surface area contributed by atoms with Crippen molar-refractivity contribution in [3.8, 4) is 0 Å². The average Bonchev–Trinajstić information content (AvgIpc) is 3.25. The summed E-state index contributed by atoms with van der Waals surface area (Å²) >= 11 is 1.46.